The van der Waals surface area contributed by atoms with E-state index in [0.29, 0.717) is 22.7 Å². The number of hydrazine groups is 1. The van der Waals surface area contributed by atoms with Crippen LogP contribution in [0.15, 0.2) is 29.4 Å². The number of fused-ring (bicyclic) bond motifs is 1. The van der Waals surface area contributed by atoms with Crippen molar-refractivity contribution in [3.05, 3.63) is 40.8 Å². The zero-order valence-electron chi connectivity index (χ0n) is 20.2. The highest BCUT2D eigenvalue weighted by Crippen LogP contribution is 2.39. The van der Waals surface area contributed by atoms with Crippen LogP contribution in [-0.2, 0) is 4.74 Å². The van der Waals surface area contributed by atoms with Crippen molar-refractivity contribution in [1.82, 2.24) is 19.4 Å². The van der Waals surface area contributed by atoms with Crippen molar-refractivity contribution in [1.29, 1.82) is 0 Å². The number of nitrogens with zero attached hydrogens (tertiary/aromatic N) is 5. The molecule has 0 aliphatic rings. The third-order valence-corrected chi connectivity index (χ3v) is 6.72. The first-order valence-corrected chi connectivity index (χ1v) is 15.2. The molecule has 0 saturated heterocycles. The molecule has 3 rings (SSSR count). The van der Waals surface area contributed by atoms with E-state index in [4.69, 9.17) is 32.7 Å². The molecule has 1 unspecified atom stereocenters. The number of para-hydroxylation sites is 1. The van der Waals surface area contributed by atoms with Crippen molar-refractivity contribution in [2.24, 2.45) is 16.7 Å². The Morgan fingerprint density at radius 2 is 2.06 bits per heavy atom. The van der Waals surface area contributed by atoms with Crippen LogP contribution in [-0.4, -0.2) is 52.6 Å². The summed E-state index contributed by atoms with van der Waals surface area (Å²) in [6, 6.07) is 6.67. The number of hydrazone groups is 1. The molecule has 198 valence electrons. The first kappa shape index (κ1) is 30.2. The Kier molecular flexibility index (Phi) is 12.3. The number of hydrogen-bond donors (Lipinski definition) is 3. The van der Waals surface area contributed by atoms with Gasteiger partial charge < -0.3 is 20.5 Å². The first-order valence-electron chi connectivity index (χ1n) is 10.8. The van der Waals surface area contributed by atoms with Gasteiger partial charge in [0.2, 0.25) is 0 Å². The average molecular weight is 657 g/mol. The van der Waals surface area contributed by atoms with Crippen molar-refractivity contribution < 1.29 is 18.3 Å². The number of benzene rings is 1. The number of hydrogen-bond acceptors (Lipinski definition) is 8. The topological polar surface area (TPSA) is 129 Å². The molecule has 0 aliphatic carbocycles. The van der Waals surface area contributed by atoms with Crippen molar-refractivity contribution in [3.8, 4) is 5.75 Å². The molecule has 10 nitrogen and oxygen atoms in total. The number of aromatic nitrogens is 3. The molecule has 3 aromatic rings. The highest BCUT2D eigenvalue weighted by Gasteiger charge is 2.23. The molecule has 1 aromatic carbocycles. The Hall–Kier alpha value is -2.06. The van der Waals surface area contributed by atoms with Crippen molar-refractivity contribution in [2.75, 3.05) is 32.7 Å². The molecule has 0 saturated carbocycles. The SMILES string of the molecule is CCCOCC.COc1c(Nc2cc(Cl)nc3c2nc(C(F)F)n3PI)cccc1/C(N)=N/N(C)N. The van der Waals surface area contributed by atoms with E-state index in [-0.39, 0.29) is 34.4 Å². The minimum atomic E-state index is -2.75. The number of rotatable bonds is 10. The number of anilines is 2. The Balaban J connectivity index is 0.000000678. The second kappa shape index (κ2) is 14.6. The molecule has 15 heteroatoms. The second-order valence-electron chi connectivity index (χ2n) is 7.12. The summed E-state index contributed by atoms with van der Waals surface area (Å²) in [6.07, 6.45) is -1.65. The number of amidine groups is 1. The van der Waals surface area contributed by atoms with E-state index >= 15 is 0 Å². The summed E-state index contributed by atoms with van der Waals surface area (Å²) in [5, 5.41) is 8.32. The Bertz CT molecular complexity index is 1180. The molecule has 0 radical (unpaired) electrons. The van der Waals surface area contributed by atoms with Gasteiger partial charge in [0.15, 0.2) is 23.1 Å². The number of pyridine rings is 1. The molecule has 36 heavy (non-hydrogen) atoms. The first-order chi connectivity index (χ1) is 17.2. The van der Waals surface area contributed by atoms with Gasteiger partial charge in [-0.1, -0.05) is 24.6 Å². The van der Waals surface area contributed by atoms with Crippen LogP contribution in [0.4, 0.5) is 20.2 Å². The van der Waals surface area contributed by atoms with Gasteiger partial charge in [0, 0.05) is 26.3 Å². The fourth-order valence-corrected chi connectivity index (χ4v) is 5.16. The number of ether oxygens (including phenoxy) is 2. The predicted molar refractivity (Wildman–Crippen MR) is 151 cm³/mol. The highest BCUT2D eigenvalue weighted by molar-refractivity contribution is 14.2. The standard InChI is InChI=1S/C16H17ClF2IN8OP.C5H12O/c1-27(22)26-14(21)7-4-3-5-8(12(7)29-2)23-9-6-10(17)24-15-11(9)25-16(13(18)19)28(15)30-20;1-3-5-6-4-2/h3-6,13,30H,22H2,1-2H3,(H2,21,26)(H,23,24);3-5H2,1-2H3. The summed E-state index contributed by atoms with van der Waals surface area (Å²) in [5.74, 6) is 5.67. The maximum Gasteiger partial charge on any atom is 0.295 e. The van der Waals surface area contributed by atoms with Gasteiger partial charge in [-0.25, -0.2) is 29.7 Å². The van der Waals surface area contributed by atoms with E-state index in [1.807, 2.05) is 29.0 Å². The van der Waals surface area contributed by atoms with Crippen molar-refractivity contribution in [3.63, 3.8) is 0 Å². The van der Waals surface area contributed by atoms with Crippen LogP contribution >= 0.6 is 40.0 Å². The predicted octanol–water partition coefficient (Wildman–Crippen LogP) is 5.42. The third kappa shape index (κ3) is 7.72. The number of nitrogens with two attached hydrogens (primary N) is 2. The average Bonchev–Trinajstić information content (AvgIpc) is 3.21. The molecular formula is C21H29ClF2IN8O2P. The lowest BCUT2D eigenvalue weighted by Gasteiger charge is -2.16. The van der Waals surface area contributed by atoms with E-state index in [2.05, 4.69) is 27.3 Å². The molecule has 0 bridgehead atoms. The van der Waals surface area contributed by atoms with E-state index in [9.17, 15) is 8.78 Å². The van der Waals surface area contributed by atoms with Crippen LogP contribution in [0, 0.1) is 0 Å². The zero-order valence-corrected chi connectivity index (χ0v) is 24.1. The summed E-state index contributed by atoms with van der Waals surface area (Å²) in [4.78, 5) is 8.27. The lowest BCUT2D eigenvalue weighted by molar-refractivity contribution is 0.140. The number of methoxy groups -OCH3 is 1. The minimum Gasteiger partial charge on any atom is -0.494 e. The maximum atomic E-state index is 13.5. The van der Waals surface area contributed by atoms with Gasteiger partial charge in [0.1, 0.15) is 10.7 Å². The van der Waals surface area contributed by atoms with Gasteiger partial charge in [-0.05, 0) is 47.5 Å². The summed E-state index contributed by atoms with van der Waals surface area (Å²) in [7, 11) is 3.00. The third-order valence-electron chi connectivity index (χ3n) is 4.47. The van der Waals surface area contributed by atoms with Gasteiger partial charge in [-0.3, -0.25) is 4.34 Å². The lowest BCUT2D eigenvalue weighted by Crippen LogP contribution is -2.26. The van der Waals surface area contributed by atoms with Gasteiger partial charge in [0.05, 0.1) is 30.4 Å². The fraction of sp³-hybridized carbons (Fsp3) is 0.381. The smallest absolute Gasteiger partial charge is 0.295 e. The lowest BCUT2D eigenvalue weighted by atomic mass is 10.1. The molecule has 2 heterocycles. The van der Waals surface area contributed by atoms with Gasteiger partial charge in [-0.2, -0.15) is 0 Å². The zero-order chi connectivity index (χ0) is 26.8. The summed E-state index contributed by atoms with van der Waals surface area (Å²) >= 11 is 8.14. The maximum absolute atomic E-state index is 13.5. The molecule has 5 N–H and O–H groups in total. The van der Waals surface area contributed by atoms with Crippen LogP contribution in [0.5, 0.6) is 5.75 Å². The van der Waals surface area contributed by atoms with E-state index in [1.54, 1.807) is 18.2 Å². The van der Waals surface area contributed by atoms with Crippen molar-refractivity contribution in [2.45, 2.75) is 26.7 Å². The summed E-state index contributed by atoms with van der Waals surface area (Å²) in [6.45, 7) is 5.88. The second-order valence-corrected chi connectivity index (χ2v) is 9.57. The monoisotopic (exact) mass is 656 g/mol. The van der Waals surface area contributed by atoms with E-state index in [0.717, 1.165) is 24.8 Å². The minimum absolute atomic E-state index is 0.0280. The molecule has 0 amide bonds. The molecule has 1 atom stereocenters. The molecule has 0 fully saturated rings. The number of halogens is 4. The summed E-state index contributed by atoms with van der Waals surface area (Å²) < 4.78 is 38.7. The molecule has 0 spiro atoms. The largest absolute Gasteiger partial charge is 0.494 e. The Morgan fingerprint density at radius 1 is 1.33 bits per heavy atom. The molecule has 2 aromatic heterocycles. The number of nitrogens with one attached hydrogen (secondary N) is 1. The van der Waals surface area contributed by atoms with Crippen LogP contribution in [0.2, 0.25) is 5.15 Å². The quantitative estimate of drug-likeness (QED) is 0.0386. The van der Waals surface area contributed by atoms with E-state index < -0.39 is 6.43 Å². The van der Waals surface area contributed by atoms with Crippen LogP contribution < -0.4 is 21.6 Å². The van der Waals surface area contributed by atoms with Crippen molar-refractivity contribution >= 4 is 68.4 Å². The number of alkyl halides is 2. The van der Waals surface area contributed by atoms with E-state index in [1.165, 1.54) is 24.6 Å². The molecule has 0 aliphatic heterocycles. The van der Waals surface area contributed by atoms with Crippen LogP contribution in [0.3, 0.4) is 0 Å². The Morgan fingerprint density at radius 3 is 2.58 bits per heavy atom. The van der Waals surface area contributed by atoms with Crippen LogP contribution in [0.1, 0.15) is 38.1 Å². The summed E-state index contributed by atoms with van der Waals surface area (Å²) in [5.41, 5.74) is 7.91. The normalized spacial score (nSPS) is 11.8. The van der Waals surface area contributed by atoms with Gasteiger partial charge in [-0.15, -0.1) is 5.10 Å². The van der Waals surface area contributed by atoms with Gasteiger partial charge in [0.25, 0.3) is 6.43 Å². The van der Waals surface area contributed by atoms with Crippen LogP contribution in [0.25, 0.3) is 11.2 Å². The molecular weight excluding hydrogens is 628 g/mol. The number of imidazole rings is 1. The highest BCUT2D eigenvalue weighted by atomic mass is 127. The van der Waals surface area contributed by atoms with Gasteiger partial charge >= 0.3 is 0 Å². The Labute approximate surface area is 228 Å². The fourth-order valence-electron chi connectivity index (χ4n) is 3.07.